The molecule has 0 saturated carbocycles. The molecule has 1 heteroatoms. The topological polar surface area (TPSA) is 0 Å². The Bertz CT molecular complexity index is 1670. The van der Waals surface area contributed by atoms with Gasteiger partial charge in [0, 0.05) is 0 Å². The monoisotopic (exact) mass is 684 g/mol. The molecule has 0 N–H and O–H groups in total. The number of allylic oxidation sites excluding steroid dienone is 4. The Balaban J connectivity index is 0.000000166. The molecule has 0 nitrogen and oxygen atoms in total. The summed E-state index contributed by atoms with van der Waals surface area (Å²) in [5, 5.41) is 2.69. The Labute approximate surface area is 295 Å². The summed E-state index contributed by atoms with van der Waals surface area (Å²) in [6.07, 6.45) is 9.31. The van der Waals surface area contributed by atoms with Crippen LogP contribution in [0.25, 0.3) is 21.9 Å². The predicted molar refractivity (Wildman–Crippen MR) is 198 cm³/mol. The van der Waals surface area contributed by atoms with Crippen molar-refractivity contribution in [2.75, 3.05) is 0 Å². The third-order valence-electron chi connectivity index (χ3n) is 9.10. The van der Waals surface area contributed by atoms with Crippen molar-refractivity contribution in [2.45, 2.75) is 106 Å². The summed E-state index contributed by atoms with van der Waals surface area (Å²) >= 11 is 1.46. The van der Waals surface area contributed by atoms with Crippen LogP contribution in [0.5, 0.6) is 0 Å². The fraction of sp³-hybridized carbons (Fsp3) is 0.400. The Kier molecular flexibility index (Phi) is 11.5. The summed E-state index contributed by atoms with van der Waals surface area (Å²) in [5.41, 5.74) is 13.3. The van der Waals surface area contributed by atoms with E-state index in [-0.39, 0.29) is 10.8 Å². The summed E-state index contributed by atoms with van der Waals surface area (Å²) in [4.78, 5) is 0. The fourth-order valence-electron chi connectivity index (χ4n) is 6.26. The number of hydrogen-bond acceptors (Lipinski definition) is 0. The molecular formula is C45H54Zr. The molecule has 2 aliphatic rings. The van der Waals surface area contributed by atoms with Crippen LogP contribution in [-0.4, -0.2) is 3.71 Å². The van der Waals surface area contributed by atoms with Crippen LogP contribution in [0.2, 0.25) is 0 Å². The van der Waals surface area contributed by atoms with Gasteiger partial charge in [0.05, 0.1) is 0 Å². The van der Waals surface area contributed by atoms with Crippen LogP contribution in [0.15, 0.2) is 90.0 Å². The summed E-state index contributed by atoms with van der Waals surface area (Å²) in [6, 6.07) is 30.1. The molecule has 1 unspecified atom stereocenters. The predicted octanol–water partition coefficient (Wildman–Crippen LogP) is 12.3. The zero-order chi connectivity index (χ0) is 33.9. The molecule has 6 rings (SSSR count). The van der Waals surface area contributed by atoms with E-state index < -0.39 is 0 Å². The van der Waals surface area contributed by atoms with Gasteiger partial charge in [-0.15, -0.1) is 11.1 Å². The second kappa shape index (κ2) is 14.6. The Morgan fingerprint density at radius 3 is 2.02 bits per heavy atom. The summed E-state index contributed by atoms with van der Waals surface area (Å²) in [6.45, 7) is 24.9. The van der Waals surface area contributed by atoms with E-state index in [4.69, 9.17) is 0 Å². The molecule has 2 aliphatic carbocycles. The van der Waals surface area contributed by atoms with Crippen molar-refractivity contribution in [3.8, 4) is 11.1 Å². The first-order valence-electron chi connectivity index (χ1n) is 17.1. The van der Waals surface area contributed by atoms with E-state index >= 15 is 0 Å². The van der Waals surface area contributed by atoms with E-state index in [0.717, 1.165) is 12.8 Å². The molecule has 238 valence electrons. The van der Waals surface area contributed by atoms with E-state index in [2.05, 4.69) is 171 Å². The van der Waals surface area contributed by atoms with Crippen LogP contribution >= 0.6 is 0 Å². The minimum atomic E-state index is 0.167. The van der Waals surface area contributed by atoms with Crippen LogP contribution in [0, 0.1) is 23.5 Å². The van der Waals surface area contributed by atoms with Gasteiger partial charge in [-0.1, -0.05) is 124 Å². The molecule has 0 amide bonds. The molecule has 4 aromatic rings. The van der Waals surface area contributed by atoms with Gasteiger partial charge in [-0.3, -0.25) is 6.08 Å². The second-order valence-electron chi connectivity index (χ2n) is 15.8. The van der Waals surface area contributed by atoms with Crippen molar-refractivity contribution in [2.24, 2.45) is 11.3 Å². The van der Waals surface area contributed by atoms with Gasteiger partial charge < -0.3 is 0 Å². The summed E-state index contributed by atoms with van der Waals surface area (Å²) in [7, 11) is 0. The molecule has 0 aliphatic heterocycles. The van der Waals surface area contributed by atoms with Gasteiger partial charge in [-0.25, -0.2) is 5.57 Å². The van der Waals surface area contributed by atoms with E-state index in [1.807, 2.05) is 0 Å². The summed E-state index contributed by atoms with van der Waals surface area (Å²) in [5.74, 6) is 0.573. The average molecular weight is 686 g/mol. The summed E-state index contributed by atoms with van der Waals surface area (Å²) < 4.78 is 2.23. The van der Waals surface area contributed by atoms with Crippen LogP contribution in [0.3, 0.4) is 0 Å². The van der Waals surface area contributed by atoms with Gasteiger partial charge in [0.1, 0.15) is 0 Å². The Morgan fingerprint density at radius 1 is 0.761 bits per heavy atom. The number of benzene rings is 4. The number of hydrogen-bond donors (Lipinski definition) is 0. The van der Waals surface area contributed by atoms with Crippen LogP contribution < -0.4 is 0 Å². The first-order valence-corrected chi connectivity index (χ1v) is 18.5. The van der Waals surface area contributed by atoms with E-state index in [1.54, 1.807) is 0 Å². The average Bonchev–Trinajstić information content (AvgIpc) is 3.61. The molecule has 0 spiro atoms. The second-order valence-corrected chi connectivity index (χ2v) is 16.6. The third-order valence-corrected chi connectivity index (χ3v) is 9.86. The zero-order valence-electron chi connectivity index (χ0n) is 30.3. The van der Waals surface area contributed by atoms with Crippen molar-refractivity contribution in [3.05, 3.63) is 130 Å². The van der Waals surface area contributed by atoms with Crippen molar-refractivity contribution in [1.29, 1.82) is 0 Å². The molecule has 0 fully saturated rings. The van der Waals surface area contributed by atoms with Crippen molar-refractivity contribution >= 4 is 14.5 Å². The van der Waals surface area contributed by atoms with Crippen LogP contribution in [-0.2, 0) is 41.5 Å². The van der Waals surface area contributed by atoms with E-state index in [9.17, 15) is 0 Å². The number of fused-ring (bicyclic) bond motifs is 4. The standard InChI is InChI=1S/C21H25.C13H21.C11H8.Zr/c1-20(2,3)16-7-9-18-14(12-16)11-15-13-17(21(4,5)6)8-10-19(15)18;1-6-10-8-11(7-2)12(9-10)13(3,4)5;1-9-5-4-7-10-6-2-3-8-11(9)10;/h7-10,12H,11H2,1-6H3;9-10H,6-7H2,1-5H3;1-8H;/q2*-1;;+2. The molecule has 1 atom stereocenters. The quantitative estimate of drug-likeness (QED) is 0.166. The van der Waals surface area contributed by atoms with E-state index in [1.165, 1.54) is 91.5 Å². The van der Waals surface area contributed by atoms with Crippen molar-refractivity contribution in [3.63, 3.8) is 0 Å². The molecular weight excluding hydrogens is 632 g/mol. The minimum absolute atomic E-state index is 0.167. The van der Waals surface area contributed by atoms with Crippen molar-refractivity contribution < 1.29 is 24.2 Å². The molecule has 0 heterocycles. The molecule has 4 aromatic carbocycles. The van der Waals surface area contributed by atoms with Gasteiger partial charge in [0.2, 0.25) is 0 Å². The van der Waals surface area contributed by atoms with Gasteiger partial charge in [0.25, 0.3) is 0 Å². The molecule has 0 aromatic heterocycles. The molecule has 0 saturated heterocycles. The maximum atomic E-state index is 3.67. The first kappa shape index (κ1) is 36.2. The molecule has 46 heavy (non-hydrogen) atoms. The Morgan fingerprint density at radius 2 is 1.43 bits per heavy atom. The van der Waals surface area contributed by atoms with Gasteiger partial charge in [-0.2, -0.15) is 35.4 Å². The van der Waals surface area contributed by atoms with Gasteiger partial charge >= 0.3 is 86.7 Å². The maximum absolute atomic E-state index is 3.67. The SMILES string of the molecule is CC(C)(C)c1[c-]c2c(cc1)-c1ccc(C(C)(C)C)cc1C2.CCC1=[C-]C(CC)C=C1C(C)(C)C.[Zr+2]=[CH]c1cccc2ccccc12. The normalized spacial score (nSPS) is 15.5. The third kappa shape index (κ3) is 8.64. The number of rotatable bonds is 3. The molecule has 0 bridgehead atoms. The van der Waals surface area contributed by atoms with Gasteiger partial charge in [0.15, 0.2) is 0 Å². The van der Waals surface area contributed by atoms with Crippen LogP contribution in [0.4, 0.5) is 0 Å². The Hall–Kier alpha value is -2.63. The van der Waals surface area contributed by atoms with Crippen LogP contribution in [0.1, 0.15) is 117 Å². The molecule has 0 radical (unpaired) electrons. The van der Waals surface area contributed by atoms with Crippen molar-refractivity contribution in [1.82, 2.24) is 0 Å². The fourth-order valence-corrected chi connectivity index (χ4v) is 6.88. The zero-order valence-corrected chi connectivity index (χ0v) is 32.7. The van der Waals surface area contributed by atoms with E-state index in [0.29, 0.717) is 11.3 Å². The van der Waals surface area contributed by atoms with Gasteiger partial charge in [-0.05, 0) is 28.4 Å². The first-order chi connectivity index (χ1) is 21.6.